The molecule has 16 heavy (non-hydrogen) atoms. The summed E-state index contributed by atoms with van der Waals surface area (Å²) in [5.74, 6) is 0.671. The van der Waals surface area contributed by atoms with Crippen LogP contribution in [0.4, 0.5) is 5.69 Å². The zero-order valence-corrected chi connectivity index (χ0v) is 9.78. The highest BCUT2D eigenvalue weighted by Crippen LogP contribution is 2.48. The van der Waals surface area contributed by atoms with Gasteiger partial charge in [-0.15, -0.1) is 11.6 Å². The number of carbonyl (C=O) groups is 1. The standard InChI is InChI=1S/C13H14ClNO/c14-8-13(16)15-11-6-2-1-4-9(11)10-5-3-7-12(10)15/h1-2,4,6,10,12H,3,5,7-8H2. The van der Waals surface area contributed by atoms with E-state index in [-0.39, 0.29) is 11.8 Å². The summed E-state index contributed by atoms with van der Waals surface area (Å²) in [7, 11) is 0. The van der Waals surface area contributed by atoms with Crippen molar-refractivity contribution >= 4 is 23.2 Å². The van der Waals surface area contributed by atoms with Gasteiger partial charge in [-0.25, -0.2) is 0 Å². The number of carbonyl (C=O) groups excluding carboxylic acids is 1. The smallest absolute Gasteiger partial charge is 0.242 e. The lowest BCUT2D eigenvalue weighted by atomic mass is 9.98. The SMILES string of the molecule is O=C(CCl)N1c2ccccc2C2CCCC21. The molecule has 1 amide bonds. The predicted octanol–water partition coefficient (Wildman–Crippen LogP) is 2.91. The molecule has 1 saturated carbocycles. The van der Waals surface area contributed by atoms with Crippen molar-refractivity contribution in [2.75, 3.05) is 10.8 Å². The Bertz CT molecular complexity index is 432. The fraction of sp³-hybridized carbons (Fsp3) is 0.462. The van der Waals surface area contributed by atoms with Crippen molar-refractivity contribution < 1.29 is 4.79 Å². The molecule has 84 valence electrons. The van der Waals surface area contributed by atoms with E-state index in [9.17, 15) is 4.79 Å². The maximum Gasteiger partial charge on any atom is 0.242 e. The van der Waals surface area contributed by atoms with Crippen molar-refractivity contribution in [1.82, 2.24) is 0 Å². The van der Waals surface area contributed by atoms with Gasteiger partial charge in [0.15, 0.2) is 0 Å². The molecule has 3 heteroatoms. The highest BCUT2D eigenvalue weighted by molar-refractivity contribution is 6.29. The van der Waals surface area contributed by atoms with Gasteiger partial charge in [-0.1, -0.05) is 24.6 Å². The second-order valence-electron chi connectivity index (χ2n) is 4.56. The molecule has 0 N–H and O–H groups in total. The molecule has 2 nitrogen and oxygen atoms in total. The van der Waals surface area contributed by atoms with E-state index in [1.807, 2.05) is 17.0 Å². The number of halogens is 1. The molecule has 1 fully saturated rings. The number of amides is 1. The minimum atomic E-state index is 0.0449. The van der Waals surface area contributed by atoms with Crippen LogP contribution < -0.4 is 4.90 Å². The first kappa shape index (κ1) is 10.2. The summed E-state index contributed by atoms with van der Waals surface area (Å²) in [6, 6.07) is 8.61. The van der Waals surface area contributed by atoms with Gasteiger partial charge in [0, 0.05) is 17.6 Å². The van der Waals surface area contributed by atoms with E-state index in [2.05, 4.69) is 12.1 Å². The van der Waals surface area contributed by atoms with E-state index in [0.29, 0.717) is 12.0 Å². The van der Waals surface area contributed by atoms with Gasteiger partial charge in [-0.3, -0.25) is 4.79 Å². The van der Waals surface area contributed by atoms with Crippen LogP contribution in [0.2, 0.25) is 0 Å². The Hall–Kier alpha value is -1.02. The number of benzene rings is 1. The molecule has 3 rings (SSSR count). The van der Waals surface area contributed by atoms with Crippen molar-refractivity contribution in [3.8, 4) is 0 Å². The molecule has 1 aliphatic heterocycles. The van der Waals surface area contributed by atoms with Gasteiger partial charge in [0.2, 0.25) is 5.91 Å². The second kappa shape index (κ2) is 3.77. The summed E-state index contributed by atoms with van der Waals surface area (Å²) in [4.78, 5) is 13.8. The van der Waals surface area contributed by atoms with Crippen molar-refractivity contribution in [1.29, 1.82) is 0 Å². The van der Waals surface area contributed by atoms with Gasteiger partial charge >= 0.3 is 0 Å². The molecule has 1 heterocycles. The third-order valence-electron chi connectivity index (χ3n) is 3.79. The van der Waals surface area contributed by atoms with Crippen molar-refractivity contribution in [3.05, 3.63) is 29.8 Å². The quantitative estimate of drug-likeness (QED) is 0.686. The second-order valence-corrected chi connectivity index (χ2v) is 4.83. The average Bonchev–Trinajstić information content (AvgIpc) is 2.87. The molecular formula is C13H14ClNO. The summed E-state index contributed by atoms with van der Waals surface area (Å²) >= 11 is 5.70. The van der Waals surface area contributed by atoms with Gasteiger partial charge in [0.1, 0.15) is 5.88 Å². The highest BCUT2D eigenvalue weighted by atomic mass is 35.5. The number of alkyl halides is 1. The number of anilines is 1. The van der Waals surface area contributed by atoms with Crippen LogP contribution in [0.15, 0.2) is 24.3 Å². The van der Waals surface area contributed by atoms with E-state index >= 15 is 0 Å². The van der Waals surface area contributed by atoms with Gasteiger partial charge in [-0.2, -0.15) is 0 Å². The predicted molar refractivity (Wildman–Crippen MR) is 65.0 cm³/mol. The van der Waals surface area contributed by atoms with Gasteiger partial charge in [0.25, 0.3) is 0 Å². The molecule has 0 radical (unpaired) electrons. The molecule has 1 aromatic carbocycles. The lowest BCUT2D eigenvalue weighted by molar-refractivity contribution is -0.116. The molecule has 0 saturated heterocycles. The third kappa shape index (κ3) is 1.29. The molecular weight excluding hydrogens is 222 g/mol. The van der Waals surface area contributed by atoms with Crippen LogP contribution >= 0.6 is 11.6 Å². The molecule has 2 aliphatic rings. The molecule has 1 aromatic rings. The van der Waals surface area contributed by atoms with Crippen molar-refractivity contribution in [2.45, 2.75) is 31.2 Å². The molecule has 0 aromatic heterocycles. The number of para-hydroxylation sites is 1. The lowest BCUT2D eigenvalue weighted by Crippen LogP contribution is -2.38. The first-order valence-corrected chi connectivity index (χ1v) is 6.33. The van der Waals surface area contributed by atoms with Crippen LogP contribution in [0, 0.1) is 0 Å². The van der Waals surface area contributed by atoms with Crippen LogP contribution in [0.5, 0.6) is 0 Å². The van der Waals surface area contributed by atoms with E-state index in [0.717, 1.165) is 12.1 Å². The number of nitrogens with zero attached hydrogens (tertiary/aromatic N) is 1. The van der Waals surface area contributed by atoms with E-state index in [1.54, 1.807) is 0 Å². The number of fused-ring (bicyclic) bond motifs is 3. The van der Waals surface area contributed by atoms with E-state index < -0.39 is 0 Å². The maximum absolute atomic E-state index is 11.9. The first-order valence-electron chi connectivity index (χ1n) is 5.80. The van der Waals surface area contributed by atoms with Gasteiger partial charge in [-0.05, 0) is 24.5 Å². The van der Waals surface area contributed by atoms with E-state index in [1.165, 1.54) is 18.4 Å². The zero-order chi connectivity index (χ0) is 11.1. The molecule has 0 bridgehead atoms. The van der Waals surface area contributed by atoms with Crippen LogP contribution in [-0.2, 0) is 4.79 Å². The summed E-state index contributed by atoms with van der Waals surface area (Å²) < 4.78 is 0. The van der Waals surface area contributed by atoms with Gasteiger partial charge < -0.3 is 4.90 Å². The van der Waals surface area contributed by atoms with Crippen LogP contribution in [0.25, 0.3) is 0 Å². The number of hydrogen-bond acceptors (Lipinski definition) is 1. The fourth-order valence-electron chi connectivity index (χ4n) is 3.20. The summed E-state index contributed by atoms with van der Waals surface area (Å²) in [6.07, 6.45) is 3.53. The minimum absolute atomic E-state index is 0.0449. The number of rotatable bonds is 1. The monoisotopic (exact) mass is 235 g/mol. The Morgan fingerprint density at radius 1 is 1.38 bits per heavy atom. The fourth-order valence-corrected chi connectivity index (χ4v) is 3.32. The normalized spacial score (nSPS) is 26.7. The van der Waals surface area contributed by atoms with Crippen LogP contribution in [-0.4, -0.2) is 17.8 Å². The molecule has 0 spiro atoms. The van der Waals surface area contributed by atoms with Crippen LogP contribution in [0.1, 0.15) is 30.7 Å². The third-order valence-corrected chi connectivity index (χ3v) is 4.02. The average molecular weight is 236 g/mol. The Morgan fingerprint density at radius 3 is 3.00 bits per heavy atom. The van der Waals surface area contributed by atoms with Gasteiger partial charge in [0.05, 0.1) is 0 Å². The molecule has 2 atom stereocenters. The lowest BCUT2D eigenvalue weighted by Gasteiger charge is -2.23. The summed E-state index contributed by atoms with van der Waals surface area (Å²) in [6.45, 7) is 0. The van der Waals surface area contributed by atoms with E-state index in [4.69, 9.17) is 11.6 Å². The Labute approximate surface area is 100 Å². The van der Waals surface area contributed by atoms with Crippen LogP contribution in [0.3, 0.4) is 0 Å². The van der Waals surface area contributed by atoms with Crippen molar-refractivity contribution in [2.24, 2.45) is 0 Å². The highest BCUT2D eigenvalue weighted by Gasteiger charge is 2.43. The molecule has 2 unspecified atom stereocenters. The van der Waals surface area contributed by atoms with Crippen molar-refractivity contribution in [3.63, 3.8) is 0 Å². The zero-order valence-electron chi connectivity index (χ0n) is 9.03. The molecule has 1 aliphatic carbocycles. The first-order chi connectivity index (χ1) is 7.83. The Balaban J connectivity index is 2.08. The number of hydrogen-bond donors (Lipinski definition) is 0. The minimum Gasteiger partial charge on any atom is -0.307 e. The Kier molecular flexibility index (Phi) is 2.40. The summed E-state index contributed by atoms with van der Waals surface area (Å²) in [5, 5.41) is 0. The summed E-state index contributed by atoms with van der Waals surface area (Å²) in [5.41, 5.74) is 2.42. The topological polar surface area (TPSA) is 20.3 Å². The maximum atomic E-state index is 11.9. The Morgan fingerprint density at radius 2 is 2.19 bits per heavy atom. The largest absolute Gasteiger partial charge is 0.307 e.